The Labute approximate surface area is 199 Å². The van der Waals surface area contributed by atoms with Crippen LogP contribution in [0.25, 0.3) is 0 Å². The molecular formula is C29H40N2O2. The number of hydrogen-bond acceptors (Lipinski definition) is 4. The molecule has 3 rings (SSSR count). The number of rotatable bonds is 4. The fourth-order valence-corrected chi connectivity index (χ4v) is 4.53. The quantitative estimate of drug-likeness (QED) is 0.507. The summed E-state index contributed by atoms with van der Waals surface area (Å²) in [6.45, 7) is 16.8. The van der Waals surface area contributed by atoms with Crippen molar-refractivity contribution in [3.8, 4) is 11.5 Å². The molecular weight excluding hydrogens is 408 g/mol. The van der Waals surface area contributed by atoms with Crippen molar-refractivity contribution in [1.82, 2.24) is 0 Å². The van der Waals surface area contributed by atoms with E-state index in [9.17, 15) is 10.2 Å². The summed E-state index contributed by atoms with van der Waals surface area (Å²) in [5, 5.41) is 21.5. The monoisotopic (exact) mass is 448 g/mol. The SMILES string of the molecule is Cc1cc(C=NC2CCC(N=Cc3cc(C)cc(C(C)(C)C)c3O)C2)c(O)c(C(C)(C)C)c1. The predicted octanol–water partition coefficient (Wildman–Crippen LogP) is 6.77. The molecule has 2 N–H and O–H groups in total. The third-order valence-electron chi connectivity index (χ3n) is 6.41. The van der Waals surface area contributed by atoms with Gasteiger partial charge in [-0.2, -0.15) is 0 Å². The van der Waals surface area contributed by atoms with Crippen LogP contribution in [0.1, 0.15) is 94.2 Å². The number of nitrogens with zero attached hydrogens (tertiary/aromatic N) is 2. The van der Waals surface area contributed by atoms with E-state index in [1.807, 2.05) is 24.6 Å². The Bertz CT molecular complexity index is 983. The van der Waals surface area contributed by atoms with Gasteiger partial charge in [-0.1, -0.05) is 53.7 Å². The molecule has 1 fully saturated rings. The van der Waals surface area contributed by atoms with Gasteiger partial charge in [-0.3, -0.25) is 9.98 Å². The highest BCUT2D eigenvalue weighted by Gasteiger charge is 2.25. The first-order chi connectivity index (χ1) is 15.3. The van der Waals surface area contributed by atoms with E-state index in [0.717, 1.165) is 52.6 Å². The molecule has 0 saturated heterocycles. The first-order valence-corrected chi connectivity index (χ1v) is 12.0. The van der Waals surface area contributed by atoms with Gasteiger partial charge >= 0.3 is 0 Å². The number of phenolic OH excluding ortho intramolecular Hbond substituents is 2. The van der Waals surface area contributed by atoms with Crippen molar-refractivity contribution in [2.24, 2.45) is 9.98 Å². The number of aromatic hydroxyl groups is 2. The second kappa shape index (κ2) is 9.32. The molecule has 2 atom stereocenters. The molecule has 0 spiro atoms. The molecule has 4 nitrogen and oxygen atoms in total. The lowest BCUT2D eigenvalue weighted by Crippen LogP contribution is -2.12. The maximum Gasteiger partial charge on any atom is 0.128 e. The topological polar surface area (TPSA) is 65.2 Å². The third-order valence-corrected chi connectivity index (χ3v) is 6.41. The van der Waals surface area contributed by atoms with Crippen LogP contribution in [-0.2, 0) is 10.8 Å². The highest BCUT2D eigenvalue weighted by molar-refractivity contribution is 5.85. The Morgan fingerprint density at radius 3 is 1.39 bits per heavy atom. The molecule has 0 heterocycles. The van der Waals surface area contributed by atoms with Crippen LogP contribution in [0.2, 0.25) is 0 Å². The van der Waals surface area contributed by atoms with Gasteiger partial charge < -0.3 is 10.2 Å². The van der Waals surface area contributed by atoms with Crippen LogP contribution >= 0.6 is 0 Å². The smallest absolute Gasteiger partial charge is 0.128 e. The molecule has 0 aliphatic heterocycles. The maximum absolute atomic E-state index is 10.8. The molecule has 178 valence electrons. The number of aryl methyl sites for hydroxylation is 2. The molecule has 1 saturated carbocycles. The van der Waals surface area contributed by atoms with Gasteiger partial charge in [0.15, 0.2) is 0 Å². The number of hydrogen-bond donors (Lipinski definition) is 2. The number of benzene rings is 2. The van der Waals surface area contributed by atoms with Crippen LogP contribution in [0, 0.1) is 13.8 Å². The first kappa shape index (κ1) is 25.0. The van der Waals surface area contributed by atoms with Gasteiger partial charge in [-0.15, -0.1) is 0 Å². The van der Waals surface area contributed by atoms with E-state index in [-0.39, 0.29) is 22.9 Å². The third kappa shape index (κ3) is 6.04. The lowest BCUT2D eigenvalue weighted by molar-refractivity contribution is 0.445. The average molecular weight is 449 g/mol. The molecule has 2 aromatic carbocycles. The zero-order valence-corrected chi connectivity index (χ0v) is 21.5. The molecule has 33 heavy (non-hydrogen) atoms. The molecule has 4 heteroatoms. The average Bonchev–Trinajstić information content (AvgIpc) is 3.15. The Hall–Kier alpha value is -2.62. The van der Waals surface area contributed by atoms with Gasteiger partial charge in [-0.25, -0.2) is 0 Å². The summed E-state index contributed by atoms with van der Waals surface area (Å²) in [5.41, 5.74) is 5.47. The van der Waals surface area contributed by atoms with Crippen LogP contribution in [-0.4, -0.2) is 34.7 Å². The van der Waals surface area contributed by atoms with Crippen LogP contribution in [0.15, 0.2) is 34.3 Å². The van der Waals surface area contributed by atoms with Gasteiger partial charge in [0.1, 0.15) is 11.5 Å². The van der Waals surface area contributed by atoms with Crippen LogP contribution < -0.4 is 0 Å². The predicted molar refractivity (Wildman–Crippen MR) is 140 cm³/mol. The minimum absolute atomic E-state index is 0.125. The van der Waals surface area contributed by atoms with Gasteiger partial charge in [0.2, 0.25) is 0 Å². The minimum Gasteiger partial charge on any atom is -0.507 e. The number of phenols is 2. The molecule has 0 bridgehead atoms. The Balaban J connectivity index is 1.73. The second-order valence-corrected chi connectivity index (χ2v) is 11.7. The number of aliphatic imine (C=N–C) groups is 2. The molecule has 0 radical (unpaired) electrons. The van der Waals surface area contributed by atoms with Crippen molar-refractivity contribution in [3.63, 3.8) is 0 Å². The zero-order valence-electron chi connectivity index (χ0n) is 21.5. The summed E-state index contributed by atoms with van der Waals surface area (Å²) >= 11 is 0. The zero-order chi connectivity index (χ0) is 24.6. The second-order valence-electron chi connectivity index (χ2n) is 11.7. The molecule has 2 aromatic rings. The molecule has 2 unspecified atom stereocenters. The van der Waals surface area contributed by atoms with E-state index in [1.54, 1.807) is 0 Å². The van der Waals surface area contributed by atoms with Crippen LogP contribution in [0.3, 0.4) is 0 Å². The van der Waals surface area contributed by atoms with Gasteiger partial charge in [0, 0.05) is 34.7 Å². The molecule has 1 aliphatic rings. The Morgan fingerprint density at radius 1 is 0.697 bits per heavy atom. The molecule has 1 aliphatic carbocycles. The van der Waals surface area contributed by atoms with E-state index >= 15 is 0 Å². The van der Waals surface area contributed by atoms with E-state index in [1.165, 1.54) is 0 Å². The maximum atomic E-state index is 10.8. The Kier molecular flexibility index (Phi) is 7.07. The largest absolute Gasteiger partial charge is 0.507 e. The lowest BCUT2D eigenvalue weighted by atomic mass is 9.84. The van der Waals surface area contributed by atoms with E-state index in [2.05, 4.69) is 67.5 Å². The first-order valence-electron chi connectivity index (χ1n) is 12.0. The lowest BCUT2D eigenvalue weighted by Gasteiger charge is -2.22. The summed E-state index contributed by atoms with van der Waals surface area (Å²) in [7, 11) is 0. The standard InChI is InChI=1S/C29H40N2O2/c1-18-11-20(26(32)24(13-18)28(3,4)5)16-30-22-9-10-23(15-22)31-17-21-12-19(2)14-25(27(21)33)29(6,7)8/h11-14,16-17,22-23,32-33H,9-10,15H2,1-8H3. The Morgan fingerprint density at radius 2 is 1.06 bits per heavy atom. The van der Waals surface area contributed by atoms with Gasteiger partial charge in [-0.05, 0) is 67.2 Å². The minimum atomic E-state index is -0.125. The van der Waals surface area contributed by atoms with Gasteiger partial charge in [0.05, 0.1) is 12.1 Å². The fourth-order valence-electron chi connectivity index (χ4n) is 4.53. The highest BCUT2D eigenvalue weighted by Crippen LogP contribution is 2.35. The van der Waals surface area contributed by atoms with Crippen molar-refractivity contribution in [2.75, 3.05) is 0 Å². The molecule has 0 aromatic heterocycles. The van der Waals surface area contributed by atoms with Crippen molar-refractivity contribution in [3.05, 3.63) is 57.6 Å². The summed E-state index contributed by atoms with van der Waals surface area (Å²) < 4.78 is 0. The van der Waals surface area contributed by atoms with E-state index in [0.29, 0.717) is 11.5 Å². The van der Waals surface area contributed by atoms with Crippen molar-refractivity contribution < 1.29 is 10.2 Å². The summed E-state index contributed by atoms with van der Waals surface area (Å²) in [4.78, 5) is 9.59. The van der Waals surface area contributed by atoms with E-state index < -0.39 is 0 Å². The summed E-state index contributed by atoms with van der Waals surface area (Å²) in [5.74, 6) is 0.656. The van der Waals surface area contributed by atoms with Crippen molar-refractivity contribution >= 4 is 12.4 Å². The normalized spacial score (nSPS) is 19.8. The molecule has 0 amide bonds. The van der Waals surface area contributed by atoms with Gasteiger partial charge in [0.25, 0.3) is 0 Å². The van der Waals surface area contributed by atoms with Crippen molar-refractivity contribution in [2.45, 2.75) is 97.6 Å². The van der Waals surface area contributed by atoms with Crippen LogP contribution in [0.5, 0.6) is 11.5 Å². The summed E-state index contributed by atoms with van der Waals surface area (Å²) in [6.07, 6.45) is 6.49. The highest BCUT2D eigenvalue weighted by atomic mass is 16.3. The summed E-state index contributed by atoms with van der Waals surface area (Å²) in [6, 6.07) is 8.48. The van der Waals surface area contributed by atoms with E-state index in [4.69, 9.17) is 9.98 Å². The van der Waals surface area contributed by atoms with Crippen molar-refractivity contribution in [1.29, 1.82) is 0 Å². The van der Waals surface area contributed by atoms with Crippen LogP contribution in [0.4, 0.5) is 0 Å². The fraction of sp³-hybridized carbons (Fsp3) is 0.517.